The minimum Gasteiger partial charge on any atom is -0.496 e. The summed E-state index contributed by atoms with van der Waals surface area (Å²) in [5.74, 6) is 0.201. The Bertz CT molecular complexity index is 595. The average Bonchev–Trinajstić information content (AvgIpc) is 2.81. The number of nitrogens with one attached hydrogen (secondary N) is 1. The molecule has 0 saturated heterocycles. The van der Waals surface area contributed by atoms with Crippen molar-refractivity contribution in [3.8, 4) is 5.75 Å². The molecule has 1 aromatic carbocycles. The van der Waals surface area contributed by atoms with Crippen LogP contribution in [0.15, 0.2) is 23.6 Å². The molecular formula is C13H15N3O2S. The zero-order chi connectivity index (χ0) is 13.8. The predicted molar refractivity (Wildman–Crippen MR) is 75.4 cm³/mol. The molecule has 0 unspecified atom stereocenters. The van der Waals surface area contributed by atoms with Crippen LogP contribution in [0.25, 0.3) is 0 Å². The van der Waals surface area contributed by atoms with Gasteiger partial charge in [-0.05, 0) is 19.1 Å². The van der Waals surface area contributed by atoms with Crippen LogP contribution < -0.4 is 15.8 Å². The van der Waals surface area contributed by atoms with Crippen molar-refractivity contribution in [1.82, 2.24) is 10.3 Å². The highest BCUT2D eigenvalue weighted by Crippen LogP contribution is 2.23. The van der Waals surface area contributed by atoms with Crippen LogP contribution in [-0.2, 0) is 6.54 Å². The Kier molecular flexibility index (Phi) is 4.01. The molecule has 0 bridgehead atoms. The van der Waals surface area contributed by atoms with E-state index in [0.29, 0.717) is 23.5 Å². The lowest BCUT2D eigenvalue weighted by atomic mass is 10.1. The fraction of sp³-hybridized carbons (Fsp3) is 0.231. The lowest BCUT2D eigenvalue weighted by molar-refractivity contribution is 0.0948. The van der Waals surface area contributed by atoms with Crippen molar-refractivity contribution in [2.45, 2.75) is 13.5 Å². The molecule has 1 amide bonds. The number of ether oxygens (including phenoxy) is 1. The van der Waals surface area contributed by atoms with Gasteiger partial charge in [-0.1, -0.05) is 6.07 Å². The van der Waals surface area contributed by atoms with Crippen molar-refractivity contribution in [2.24, 2.45) is 0 Å². The molecule has 0 aliphatic heterocycles. The number of hydrogen-bond acceptors (Lipinski definition) is 5. The number of aryl methyl sites for hydroxylation is 1. The van der Waals surface area contributed by atoms with Crippen LogP contribution in [0.5, 0.6) is 5.75 Å². The van der Waals surface area contributed by atoms with E-state index in [2.05, 4.69) is 10.3 Å². The molecule has 0 fully saturated rings. The van der Waals surface area contributed by atoms with Crippen molar-refractivity contribution in [3.63, 3.8) is 0 Å². The minimum absolute atomic E-state index is 0.263. The highest BCUT2D eigenvalue weighted by molar-refractivity contribution is 7.09. The summed E-state index contributed by atoms with van der Waals surface area (Å²) in [7, 11) is 1.51. The summed E-state index contributed by atoms with van der Waals surface area (Å²) < 4.78 is 5.15. The molecule has 0 atom stereocenters. The lowest BCUT2D eigenvalue weighted by Gasteiger charge is -2.10. The largest absolute Gasteiger partial charge is 0.496 e. The molecule has 5 nitrogen and oxygen atoms in total. The zero-order valence-corrected chi connectivity index (χ0v) is 11.6. The number of benzene rings is 1. The highest BCUT2D eigenvalue weighted by Gasteiger charge is 2.15. The maximum absolute atomic E-state index is 12.1. The molecule has 0 spiro atoms. The van der Waals surface area contributed by atoms with Crippen LogP contribution in [-0.4, -0.2) is 18.0 Å². The number of rotatable bonds is 4. The van der Waals surface area contributed by atoms with Crippen LogP contribution in [0.4, 0.5) is 5.69 Å². The smallest absolute Gasteiger partial charge is 0.257 e. The molecule has 2 rings (SSSR count). The Labute approximate surface area is 115 Å². The van der Waals surface area contributed by atoms with Gasteiger partial charge in [0.05, 0.1) is 24.4 Å². The second-order valence-electron chi connectivity index (χ2n) is 3.97. The zero-order valence-electron chi connectivity index (χ0n) is 10.8. The molecule has 0 aliphatic carbocycles. The summed E-state index contributed by atoms with van der Waals surface area (Å²) in [6, 6.07) is 5.12. The van der Waals surface area contributed by atoms with E-state index < -0.39 is 0 Å². The molecular weight excluding hydrogens is 262 g/mol. The number of hydrogen-bond donors (Lipinski definition) is 2. The molecule has 6 heteroatoms. The molecule has 100 valence electrons. The number of carbonyl (C=O) groups is 1. The van der Waals surface area contributed by atoms with E-state index >= 15 is 0 Å². The van der Waals surface area contributed by atoms with Crippen molar-refractivity contribution < 1.29 is 9.53 Å². The number of nitrogens with two attached hydrogens (primary N) is 1. The third-order valence-electron chi connectivity index (χ3n) is 2.60. The number of anilines is 1. The summed E-state index contributed by atoms with van der Waals surface area (Å²) in [4.78, 5) is 16.4. The number of methoxy groups -OCH3 is 1. The monoisotopic (exact) mass is 277 g/mol. The first-order valence-electron chi connectivity index (χ1n) is 5.73. The van der Waals surface area contributed by atoms with Gasteiger partial charge in [0.1, 0.15) is 11.3 Å². The maximum atomic E-state index is 12.1. The molecule has 3 N–H and O–H groups in total. The van der Waals surface area contributed by atoms with Gasteiger partial charge in [0.15, 0.2) is 0 Å². The number of nitrogens with zero attached hydrogens (tertiary/aromatic N) is 1. The van der Waals surface area contributed by atoms with E-state index in [9.17, 15) is 4.79 Å². The van der Waals surface area contributed by atoms with Crippen molar-refractivity contribution in [2.75, 3.05) is 12.8 Å². The normalized spacial score (nSPS) is 10.2. The first-order chi connectivity index (χ1) is 9.11. The molecule has 0 saturated carbocycles. The quantitative estimate of drug-likeness (QED) is 0.838. The average molecular weight is 277 g/mol. The highest BCUT2D eigenvalue weighted by atomic mass is 32.1. The SMILES string of the molecule is COc1cccc(N)c1C(=O)NCc1csc(C)n1. The first-order valence-corrected chi connectivity index (χ1v) is 6.61. The minimum atomic E-state index is -0.263. The van der Waals surface area contributed by atoms with Gasteiger partial charge in [-0.3, -0.25) is 4.79 Å². The van der Waals surface area contributed by atoms with Gasteiger partial charge in [-0.15, -0.1) is 11.3 Å². The van der Waals surface area contributed by atoms with Crippen LogP contribution in [0.3, 0.4) is 0 Å². The van der Waals surface area contributed by atoms with Gasteiger partial charge in [0.2, 0.25) is 0 Å². The second-order valence-corrected chi connectivity index (χ2v) is 5.03. The van der Waals surface area contributed by atoms with Crippen molar-refractivity contribution in [1.29, 1.82) is 0 Å². The van der Waals surface area contributed by atoms with Gasteiger partial charge in [-0.2, -0.15) is 0 Å². The summed E-state index contributed by atoms with van der Waals surface area (Å²) in [6.07, 6.45) is 0. The van der Waals surface area contributed by atoms with Crippen LogP contribution in [0, 0.1) is 6.92 Å². The fourth-order valence-corrected chi connectivity index (χ4v) is 2.32. The van der Waals surface area contributed by atoms with E-state index in [0.717, 1.165) is 10.7 Å². The van der Waals surface area contributed by atoms with Gasteiger partial charge in [0.25, 0.3) is 5.91 Å². The number of aromatic nitrogens is 1. The second kappa shape index (κ2) is 5.71. The summed E-state index contributed by atoms with van der Waals surface area (Å²) in [6.45, 7) is 2.30. The summed E-state index contributed by atoms with van der Waals surface area (Å²) >= 11 is 1.55. The van der Waals surface area contributed by atoms with E-state index in [4.69, 9.17) is 10.5 Å². The Morgan fingerprint density at radius 3 is 2.95 bits per heavy atom. The fourth-order valence-electron chi connectivity index (χ4n) is 1.71. The van der Waals surface area contributed by atoms with Gasteiger partial charge >= 0.3 is 0 Å². The third kappa shape index (κ3) is 3.03. The molecule has 2 aromatic rings. The molecule has 19 heavy (non-hydrogen) atoms. The molecule has 1 aromatic heterocycles. The maximum Gasteiger partial charge on any atom is 0.257 e. The molecule has 0 radical (unpaired) electrons. The molecule has 0 aliphatic rings. The van der Waals surface area contributed by atoms with Crippen LogP contribution in [0.2, 0.25) is 0 Å². The van der Waals surface area contributed by atoms with E-state index in [1.54, 1.807) is 29.5 Å². The Morgan fingerprint density at radius 1 is 1.53 bits per heavy atom. The molecule has 1 heterocycles. The third-order valence-corrected chi connectivity index (χ3v) is 3.42. The van der Waals surface area contributed by atoms with Crippen molar-refractivity contribution >= 4 is 22.9 Å². The summed E-state index contributed by atoms with van der Waals surface area (Å²) in [5.41, 5.74) is 7.41. The Morgan fingerprint density at radius 2 is 2.32 bits per heavy atom. The Hall–Kier alpha value is -2.08. The first kappa shape index (κ1) is 13.4. The summed E-state index contributed by atoms with van der Waals surface area (Å²) in [5, 5.41) is 5.68. The number of carbonyl (C=O) groups excluding carboxylic acids is 1. The van der Waals surface area contributed by atoms with E-state index in [-0.39, 0.29) is 5.91 Å². The van der Waals surface area contributed by atoms with Crippen molar-refractivity contribution in [3.05, 3.63) is 39.8 Å². The number of thiazole rings is 1. The van der Waals surface area contributed by atoms with E-state index in [1.165, 1.54) is 7.11 Å². The van der Waals surface area contributed by atoms with Gasteiger partial charge in [0, 0.05) is 11.1 Å². The lowest BCUT2D eigenvalue weighted by Crippen LogP contribution is -2.24. The number of nitrogen functional groups attached to an aromatic ring is 1. The topological polar surface area (TPSA) is 77.2 Å². The van der Waals surface area contributed by atoms with Gasteiger partial charge in [-0.25, -0.2) is 4.98 Å². The Balaban J connectivity index is 2.12. The van der Waals surface area contributed by atoms with E-state index in [1.807, 2.05) is 12.3 Å². The van der Waals surface area contributed by atoms with Crippen LogP contribution >= 0.6 is 11.3 Å². The number of amides is 1. The van der Waals surface area contributed by atoms with Crippen LogP contribution in [0.1, 0.15) is 21.1 Å². The standard InChI is InChI=1S/C13H15N3O2S/c1-8-16-9(7-19-8)6-15-13(17)12-10(14)4-3-5-11(12)18-2/h3-5,7H,6,14H2,1-2H3,(H,15,17). The predicted octanol–water partition coefficient (Wildman–Crippen LogP) is 1.97. The van der Waals surface area contributed by atoms with Gasteiger partial charge < -0.3 is 15.8 Å².